The number of ether oxygens (including phenoxy) is 1. The Kier molecular flexibility index (Phi) is 5.92. The minimum Gasteiger partial charge on any atom is -0.494 e. The molecule has 0 amide bonds. The van der Waals surface area contributed by atoms with Crippen molar-refractivity contribution in [2.75, 3.05) is 19.7 Å². The lowest BCUT2D eigenvalue weighted by Crippen LogP contribution is -2.37. The molecule has 0 N–H and O–H groups in total. The van der Waals surface area contributed by atoms with Gasteiger partial charge in [0.2, 0.25) is 5.82 Å². The average Bonchev–Trinajstić information content (AvgIpc) is 3.19. The summed E-state index contributed by atoms with van der Waals surface area (Å²) in [5.74, 6) is 2.17. The molecule has 4 rings (SSSR count). The Bertz CT molecular complexity index is 881. The molecule has 0 spiro atoms. The molecule has 28 heavy (non-hydrogen) atoms. The van der Waals surface area contributed by atoms with Crippen LogP contribution in [0, 0.1) is 5.92 Å². The van der Waals surface area contributed by atoms with Gasteiger partial charge in [-0.1, -0.05) is 18.2 Å². The summed E-state index contributed by atoms with van der Waals surface area (Å²) in [5, 5.41) is 13.0. The van der Waals surface area contributed by atoms with Gasteiger partial charge in [-0.2, -0.15) is 4.80 Å². The van der Waals surface area contributed by atoms with E-state index >= 15 is 0 Å². The summed E-state index contributed by atoms with van der Waals surface area (Å²) in [6.07, 6.45) is 5.87. The molecule has 146 valence electrons. The van der Waals surface area contributed by atoms with Gasteiger partial charge in [-0.3, -0.25) is 9.88 Å². The molecule has 7 heteroatoms. The van der Waals surface area contributed by atoms with Crippen LogP contribution >= 0.6 is 0 Å². The van der Waals surface area contributed by atoms with Crippen LogP contribution in [0.2, 0.25) is 0 Å². The van der Waals surface area contributed by atoms with E-state index < -0.39 is 0 Å². The van der Waals surface area contributed by atoms with Crippen LogP contribution in [0.3, 0.4) is 0 Å². The molecule has 0 bridgehead atoms. The van der Waals surface area contributed by atoms with Crippen LogP contribution in [-0.4, -0.2) is 49.8 Å². The van der Waals surface area contributed by atoms with Gasteiger partial charge in [0.15, 0.2) is 0 Å². The van der Waals surface area contributed by atoms with E-state index in [1.54, 1.807) is 17.2 Å². The van der Waals surface area contributed by atoms with Crippen molar-refractivity contribution in [3.05, 3.63) is 54.4 Å². The first-order valence-electron chi connectivity index (χ1n) is 9.93. The Balaban J connectivity index is 1.38. The van der Waals surface area contributed by atoms with E-state index in [0.717, 1.165) is 37.5 Å². The molecule has 7 nitrogen and oxygen atoms in total. The first kappa shape index (κ1) is 18.6. The fraction of sp³-hybridized carbons (Fsp3) is 0.429. The lowest BCUT2D eigenvalue weighted by Gasteiger charge is -2.32. The zero-order valence-electron chi connectivity index (χ0n) is 16.2. The minimum atomic E-state index is 0.521. The number of para-hydroxylation sites is 1. The number of tetrazole rings is 1. The Morgan fingerprint density at radius 3 is 2.86 bits per heavy atom. The van der Waals surface area contributed by atoms with Crippen molar-refractivity contribution in [1.82, 2.24) is 30.1 Å². The summed E-state index contributed by atoms with van der Waals surface area (Å²) >= 11 is 0. The van der Waals surface area contributed by atoms with Gasteiger partial charge in [0, 0.05) is 36.6 Å². The van der Waals surface area contributed by atoms with Gasteiger partial charge in [-0.05, 0) is 55.6 Å². The second-order valence-corrected chi connectivity index (χ2v) is 7.19. The van der Waals surface area contributed by atoms with Crippen LogP contribution in [0.15, 0.2) is 48.8 Å². The van der Waals surface area contributed by atoms with Crippen LogP contribution in [0.5, 0.6) is 5.75 Å². The monoisotopic (exact) mass is 378 g/mol. The van der Waals surface area contributed by atoms with Gasteiger partial charge in [-0.25, -0.2) is 0 Å². The number of rotatable bonds is 7. The highest BCUT2D eigenvalue weighted by atomic mass is 16.5. The molecular weight excluding hydrogens is 352 g/mol. The Labute approximate surface area is 165 Å². The van der Waals surface area contributed by atoms with E-state index in [-0.39, 0.29) is 0 Å². The van der Waals surface area contributed by atoms with Crippen molar-refractivity contribution in [1.29, 1.82) is 0 Å². The molecule has 3 aromatic rings. The van der Waals surface area contributed by atoms with Gasteiger partial charge in [0.25, 0.3) is 0 Å². The van der Waals surface area contributed by atoms with Crippen LogP contribution in [0.4, 0.5) is 0 Å². The summed E-state index contributed by atoms with van der Waals surface area (Å²) in [6, 6.07) is 12.1. The van der Waals surface area contributed by atoms with Gasteiger partial charge >= 0.3 is 0 Å². The maximum atomic E-state index is 5.78. The van der Waals surface area contributed by atoms with E-state index in [0.29, 0.717) is 18.3 Å². The van der Waals surface area contributed by atoms with Crippen molar-refractivity contribution in [2.24, 2.45) is 5.92 Å². The van der Waals surface area contributed by atoms with Crippen molar-refractivity contribution >= 4 is 0 Å². The molecule has 2 aromatic heterocycles. The fourth-order valence-electron chi connectivity index (χ4n) is 3.78. The number of aromatic nitrogens is 5. The molecule has 1 aliphatic rings. The summed E-state index contributed by atoms with van der Waals surface area (Å²) in [5.41, 5.74) is 2.20. The third kappa shape index (κ3) is 4.54. The topological polar surface area (TPSA) is 69.0 Å². The largest absolute Gasteiger partial charge is 0.494 e. The van der Waals surface area contributed by atoms with Gasteiger partial charge in [0.1, 0.15) is 5.75 Å². The van der Waals surface area contributed by atoms with Crippen LogP contribution in [-0.2, 0) is 13.1 Å². The van der Waals surface area contributed by atoms with Gasteiger partial charge in [-0.15, -0.1) is 10.2 Å². The van der Waals surface area contributed by atoms with Gasteiger partial charge in [0.05, 0.1) is 13.2 Å². The predicted molar refractivity (Wildman–Crippen MR) is 107 cm³/mol. The normalized spacial score (nSPS) is 17.5. The lowest BCUT2D eigenvalue weighted by molar-refractivity contribution is 0.147. The zero-order chi connectivity index (χ0) is 19.2. The highest BCUT2D eigenvalue weighted by Crippen LogP contribution is 2.24. The molecule has 1 aromatic carbocycles. The average molecular weight is 378 g/mol. The number of hydrogen-bond donors (Lipinski definition) is 0. The van der Waals surface area contributed by atoms with Crippen molar-refractivity contribution < 1.29 is 4.74 Å². The van der Waals surface area contributed by atoms with E-state index in [4.69, 9.17) is 4.74 Å². The highest BCUT2D eigenvalue weighted by Gasteiger charge is 2.22. The van der Waals surface area contributed by atoms with Gasteiger partial charge < -0.3 is 4.74 Å². The highest BCUT2D eigenvalue weighted by molar-refractivity contribution is 5.51. The predicted octanol–water partition coefficient (Wildman–Crippen LogP) is 3.05. The van der Waals surface area contributed by atoms with Crippen LogP contribution in [0.1, 0.15) is 25.3 Å². The quantitative estimate of drug-likeness (QED) is 0.629. The second kappa shape index (κ2) is 8.93. The van der Waals surface area contributed by atoms with Crippen molar-refractivity contribution in [2.45, 2.75) is 32.9 Å². The summed E-state index contributed by atoms with van der Waals surface area (Å²) in [7, 11) is 0. The summed E-state index contributed by atoms with van der Waals surface area (Å²) < 4.78 is 5.78. The number of hydrogen-bond acceptors (Lipinski definition) is 6. The first-order chi connectivity index (χ1) is 13.8. The Hall–Kier alpha value is -2.80. The third-order valence-corrected chi connectivity index (χ3v) is 5.08. The second-order valence-electron chi connectivity index (χ2n) is 7.19. The SMILES string of the molecule is CCOc1ccccc1CN1CCC[C@@H](Cn2nnc(-c3ccncc3)n2)C1. The maximum Gasteiger partial charge on any atom is 0.205 e. The molecule has 0 unspecified atom stereocenters. The third-order valence-electron chi connectivity index (χ3n) is 5.08. The van der Waals surface area contributed by atoms with E-state index in [1.165, 1.54) is 18.4 Å². The molecule has 1 aliphatic heterocycles. The maximum absolute atomic E-state index is 5.78. The summed E-state index contributed by atoms with van der Waals surface area (Å²) in [6.45, 7) is 6.58. The van der Waals surface area contributed by atoms with Crippen LogP contribution < -0.4 is 4.74 Å². The molecule has 0 saturated carbocycles. The molecule has 0 radical (unpaired) electrons. The molecule has 1 atom stereocenters. The molecule has 0 aliphatic carbocycles. The first-order valence-corrected chi connectivity index (χ1v) is 9.93. The fourth-order valence-corrected chi connectivity index (χ4v) is 3.78. The minimum absolute atomic E-state index is 0.521. The smallest absolute Gasteiger partial charge is 0.205 e. The van der Waals surface area contributed by atoms with E-state index in [1.807, 2.05) is 25.1 Å². The number of piperidine rings is 1. The molecule has 1 saturated heterocycles. The standard InChI is InChI=1S/C21H26N6O/c1-2-28-20-8-4-3-7-19(20)16-26-13-5-6-17(14-26)15-27-24-21(23-25-27)18-9-11-22-12-10-18/h3-4,7-12,17H,2,5-6,13-16H2,1H3/t17-/m1/s1. The molecule has 1 fully saturated rings. The van der Waals surface area contributed by atoms with E-state index in [2.05, 4.69) is 43.5 Å². The summed E-state index contributed by atoms with van der Waals surface area (Å²) in [4.78, 5) is 8.28. The number of benzene rings is 1. The molecule has 3 heterocycles. The number of likely N-dealkylation sites (tertiary alicyclic amines) is 1. The lowest BCUT2D eigenvalue weighted by atomic mass is 9.97. The molecular formula is C21H26N6O. The Morgan fingerprint density at radius 1 is 1.14 bits per heavy atom. The Morgan fingerprint density at radius 2 is 2.00 bits per heavy atom. The van der Waals surface area contributed by atoms with E-state index in [9.17, 15) is 0 Å². The number of pyridine rings is 1. The van der Waals surface area contributed by atoms with Crippen molar-refractivity contribution in [3.8, 4) is 17.1 Å². The zero-order valence-corrected chi connectivity index (χ0v) is 16.2. The van der Waals surface area contributed by atoms with Crippen molar-refractivity contribution in [3.63, 3.8) is 0 Å². The number of nitrogens with zero attached hydrogens (tertiary/aromatic N) is 6. The van der Waals surface area contributed by atoms with Crippen LogP contribution in [0.25, 0.3) is 11.4 Å².